The maximum absolute atomic E-state index is 12.0. The molecule has 0 spiro atoms. The summed E-state index contributed by atoms with van der Waals surface area (Å²) < 4.78 is 10.8. The Morgan fingerprint density at radius 3 is 2.58 bits per heavy atom. The summed E-state index contributed by atoms with van der Waals surface area (Å²) in [5.41, 5.74) is -0.907. The Hall–Kier alpha value is -1.44. The lowest BCUT2D eigenvalue weighted by Crippen LogP contribution is -2.51. The van der Waals surface area contributed by atoms with Crippen LogP contribution in [0.15, 0.2) is 12.2 Å². The van der Waals surface area contributed by atoms with Gasteiger partial charge in [-0.25, -0.2) is 4.79 Å². The molecule has 3 aliphatic rings. The Morgan fingerprint density at radius 2 is 2.00 bits per heavy atom. The third kappa shape index (κ3) is 2.14. The highest BCUT2D eigenvalue weighted by Gasteiger charge is 2.67. The Kier molecular flexibility index (Phi) is 4.01. The lowest BCUT2D eigenvalue weighted by Gasteiger charge is -2.43. The minimum absolute atomic E-state index is 0.118. The fourth-order valence-corrected chi connectivity index (χ4v) is 5.08. The number of aliphatic hydroxyl groups excluding tert-OH is 3. The van der Waals surface area contributed by atoms with Crippen LogP contribution in [0.3, 0.4) is 0 Å². The van der Waals surface area contributed by atoms with Gasteiger partial charge >= 0.3 is 11.9 Å². The van der Waals surface area contributed by atoms with Crippen LogP contribution in [-0.2, 0) is 19.1 Å². The topological polar surface area (TPSA) is 113 Å². The van der Waals surface area contributed by atoms with Gasteiger partial charge in [-0.1, -0.05) is 20.4 Å². The van der Waals surface area contributed by atoms with Gasteiger partial charge in [0.1, 0.15) is 12.2 Å². The largest absolute Gasteiger partial charge is 0.461 e. The van der Waals surface area contributed by atoms with Crippen molar-refractivity contribution in [1.82, 2.24) is 0 Å². The zero-order chi connectivity index (χ0) is 18.0. The van der Waals surface area contributed by atoms with E-state index < -0.39 is 65.6 Å². The number of aliphatic hydroxyl groups is 3. The van der Waals surface area contributed by atoms with Gasteiger partial charge in [-0.05, 0) is 5.92 Å². The number of carbonyl (C=O) groups excluding carboxylic acids is 2. The van der Waals surface area contributed by atoms with Crippen molar-refractivity contribution in [2.24, 2.45) is 23.2 Å². The minimum Gasteiger partial charge on any atom is -0.461 e. The van der Waals surface area contributed by atoms with Gasteiger partial charge < -0.3 is 24.8 Å². The quantitative estimate of drug-likeness (QED) is 0.446. The normalized spacial score (nSPS) is 50.8. The predicted octanol–water partition coefficient (Wildman–Crippen LogP) is -0.226. The van der Waals surface area contributed by atoms with Crippen LogP contribution in [0.5, 0.6) is 0 Å². The van der Waals surface area contributed by atoms with Crippen molar-refractivity contribution in [3.63, 3.8) is 0 Å². The van der Waals surface area contributed by atoms with E-state index in [1.807, 2.05) is 0 Å². The second-order valence-electron chi connectivity index (χ2n) is 7.51. The van der Waals surface area contributed by atoms with Crippen LogP contribution in [0.2, 0.25) is 0 Å². The van der Waals surface area contributed by atoms with Crippen molar-refractivity contribution in [3.05, 3.63) is 12.2 Å². The SMILES string of the molecule is C=C1C(=O)OC2C(O)C(C)C3C(O)CC(O)C3(C)C(OC(C)=O)C12. The molecule has 0 aromatic heterocycles. The molecule has 0 aromatic carbocycles. The van der Waals surface area contributed by atoms with Gasteiger partial charge in [-0.15, -0.1) is 0 Å². The predicted molar refractivity (Wildman–Crippen MR) is 81.5 cm³/mol. The molecule has 134 valence electrons. The average Bonchev–Trinajstić information content (AvgIpc) is 2.88. The molecule has 0 aromatic rings. The summed E-state index contributed by atoms with van der Waals surface area (Å²) >= 11 is 0. The van der Waals surface area contributed by atoms with E-state index in [9.17, 15) is 24.9 Å². The average molecular weight is 340 g/mol. The van der Waals surface area contributed by atoms with E-state index in [1.54, 1.807) is 13.8 Å². The van der Waals surface area contributed by atoms with Gasteiger partial charge in [0.15, 0.2) is 0 Å². The molecule has 1 aliphatic heterocycles. The summed E-state index contributed by atoms with van der Waals surface area (Å²) in [5, 5.41) is 31.8. The first-order chi connectivity index (χ1) is 11.1. The van der Waals surface area contributed by atoms with Gasteiger partial charge in [0.05, 0.1) is 24.2 Å². The Morgan fingerprint density at radius 1 is 1.38 bits per heavy atom. The number of esters is 2. The molecule has 3 fully saturated rings. The summed E-state index contributed by atoms with van der Waals surface area (Å²) in [5.74, 6) is -2.93. The van der Waals surface area contributed by atoms with Gasteiger partial charge in [-0.2, -0.15) is 0 Å². The Labute approximate surface area is 140 Å². The molecule has 9 atom stereocenters. The zero-order valence-electron chi connectivity index (χ0n) is 14.0. The lowest BCUT2D eigenvalue weighted by atomic mass is 9.66. The molecule has 3 rings (SSSR count). The zero-order valence-corrected chi connectivity index (χ0v) is 14.0. The van der Waals surface area contributed by atoms with Crippen LogP contribution < -0.4 is 0 Å². The molecule has 7 nitrogen and oxygen atoms in total. The van der Waals surface area contributed by atoms with Gasteiger partial charge in [0, 0.05) is 30.3 Å². The van der Waals surface area contributed by atoms with Crippen LogP contribution in [-0.4, -0.2) is 57.8 Å². The summed E-state index contributed by atoms with van der Waals surface area (Å²) in [4.78, 5) is 23.7. The first-order valence-electron chi connectivity index (χ1n) is 8.21. The molecule has 0 amide bonds. The number of fused-ring (bicyclic) bond motifs is 2. The van der Waals surface area contributed by atoms with Crippen molar-refractivity contribution in [2.45, 2.75) is 57.7 Å². The third-order valence-corrected chi connectivity index (χ3v) is 6.25. The smallest absolute Gasteiger partial charge is 0.334 e. The van der Waals surface area contributed by atoms with Gasteiger partial charge in [0.25, 0.3) is 0 Å². The van der Waals surface area contributed by atoms with Crippen LogP contribution in [0.25, 0.3) is 0 Å². The molecular weight excluding hydrogens is 316 g/mol. The standard InChI is InChI=1S/C17H24O7/c1-6-11-14(24-16(6)22)13(21)7(2)12-9(19)5-10(20)17(12,4)15(11)23-8(3)18/h7,9-15,19-21H,1,5H2,2-4H3. The fraction of sp³-hybridized carbons (Fsp3) is 0.765. The van der Waals surface area contributed by atoms with Gasteiger partial charge in [-0.3, -0.25) is 4.79 Å². The van der Waals surface area contributed by atoms with E-state index in [-0.39, 0.29) is 12.0 Å². The second-order valence-corrected chi connectivity index (χ2v) is 7.51. The first-order valence-corrected chi connectivity index (χ1v) is 8.21. The molecule has 0 bridgehead atoms. The number of ether oxygens (including phenoxy) is 2. The summed E-state index contributed by atoms with van der Waals surface area (Å²) in [6, 6.07) is 0. The van der Waals surface area contributed by atoms with Crippen molar-refractivity contribution >= 4 is 11.9 Å². The molecule has 0 radical (unpaired) electrons. The van der Waals surface area contributed by atoms with Crippen LogP contribution >= 0.6 is 0 Å². The van der Waals surface area contributed by atoms with E-state index in [0.717, 1.165) is 0 Å². The number of hydrogen-bond acceptors (Lipinski definition) is 7. The highest BCUT2D eigenvalue weighted by atomic mass is 16.6. The van der Waals surface area contributed by atoms with Gasteiger partial charge in [0.2, 0.25) is 0 Å². The van der Waals surface area contributed by atoms with Crippen molar-refractivity contribution in [3.8, 4) is 0 Å². The van der Waals surface area contributed by atoms with Crippen LogP contribution in [0, 0.1) is 23.2 Å². The lowest BCUT2D eigenvalue weighted by molar-refractivity contribution is -0.168. The fourth-order valence-electron chi connectivity index (χ4n) is 5.08. The molecule has 24 heavy (non-hydrogen) atoms. The van der Waals surface area contributed by atoms with Crippen LogP contribution in [0.1, 0.15) is 27.2 Å². The first kappa shape index (κ1) is 17.4. The number of hydrogen-bond donors (Lipinski definition) is 3. The molecule has 2 saturated carbocycles. The van der Waals surface area contributed by atoms with E-state index in [0.29, 0.717) is 0 Å². The molecule has 7 heteroatoms. The maximum Gasteiger partial charge on any atom is 0.334 e. The Bertz CT molecular complexity index is 587. The minimum atomic E-state index is -1.05. The molecule has 9 unspecified atom stereocenters. The number of rotatable bonds is 1. The monoisotopic (exact) mass is 340 g/mol. The van der Waals surface area contributed by atoms with E-state index >= 15 is 0 Å². The highest BCUT2D eigenvalue weighted by Crippen LogP contribution is 2.58. The number of carbonyl (C=O) groups is 2. The summed E-state index contributed by atoms with van der Waals surface area (Å²) in [6.45, 7) is 8.47. The molecule has 1 saturated heterocycles. The summed E-state index contributed by atoms with van der Waals surface area (Å²) in [7, 11) is 0. The molecule has 2 aliphatic carbocycles. The molecule has 3 N–H and O–H groups in total. The van der Waals surface area contributed by atoms with Crippen LogP contribution in [0.4, 0.5) is 0 Å². The molecule has 1 heterocycles. The molecular formula is C17H24O7. The summed E-state index contributed by atoms with van der Waals surface area (Å²) in [6.07, 6.45) is -4.56. The van der Waals surface area contributed by atoms with E-state index in [2.05, 4.69) is 6.58 Å². The second kappa shape index (κ2) is 5.54. The van der Waals surface area contributed by atoms with Crippen molar-refractivity contribution in [1.29, 1.82) is 0 Å². The Balaban J connectivity index is 2.17. The van der Waals surface area contributed by atoms with E-state index in [1.165, 1.54) is 6.92 Å². The highest BCUT2D eigenvalue weighted by molar-refractivity contribution is 5.91. The van der Waals surface area contributed by atoms with Crippen molar-refractivity contribution in [2.75, 3.05) is 0 Å². The van der Waals surface area contributed by atoms with E-state index in [4.69, 9.17) is 9.47 Å². The van der Waals surface area contributed by atoms with Crippen molar-refractivity contribution < 1.29 is 34.4 Å². The maximum atomic E-state index is 12.0. The third-order valence-electron chi connectivity index (χ3n) is 6.25.